The fraction of sp³-hybridized carbons (Fsp3) is 0.115. The average Bonchev–Trinajstić information content (AvgIpc) is 3.44. The number of carbonyl (C=O) groups excluding carboxylic acids is 1. The van der Waals surface area contributed by atoms with Gasteiger partial charge in [0.15, 0.2) is 16.7 Å². The summed E-state index contributed by atoms with van der Waals surface area (Å²) in [5.74, 6) is 1.83. The van der Waals surface area contributed by atoms with Gasteiger partial charge in [-0.25, -0.2) is 0 Å². The number of benzene rings is 3. The van der Waals surface area contributed by atoms with E-state index in [0.29, 0.717) is 28.1 Å². The summed E-state index contributed by atoms with van der Waals surface area (Å²) in [6, 6.07) is 25.2. The van der Waals surface area contributed by atoms with E-state index in [1.54, 1.807) is 7.11 Å². The van der Waals surface area contributed by atoms with Crippen LogP contribution in [-0.2, 0) is 0 Å². The second-order valence-corrected chi connectivity index (χ2v) is 8.38. The molecule has 0 aliphatic heterocycles. The third-order valence-electron chi connectivity index (χ3n) is 5.42. The molecule has 0 unspecified atom stereocenters. The van der Waals surface area contributed by atoms with Crippen LogP contribution in [0.25, 0.3) is 28.0 Å². The van der Waals surface area contributed by atoms with Crippen LogP contribution in [-0.4, -0.2) is 33.4 Å². The highest BCUT2D eigenvalue weighted by molar-refractivity contribution is 7.99. The van der Waals surface area contributed by atoms with Crippen molar-refractivity contribution in [3.05, 3.63) is 90.2 Å². The number of ketones is 1. The van der Waals surface area contributed by atoms with Gasteiger partial charge < -0.3 is 9.15 Å². The molecule has 0 aliphatic carbocycles. The van der Waals surface area contributed by atoms with Crippen molar-refractivity contribution >= 4 is 28.5 Å². The Morgan fingerprint density at radius 2 is 1.70 bits per heavy atom. The van der Waals surface area contributed by atoms with Crippen LogP contribution in [0, 0.1) is 6.92 Å². The van der Waals surface area contributed by atoms with Crippen LogP contribution in [0.3, 0.4) is 0 Å². The van der Waals surface area contributed by atoms with Gasteiger partial charge in [-0.15, -0.1) is 10.2 Å². The second kappa shape index (κ2) is 8.96. The molecule has 0 aliphatic rings. The summed E-state index contributed by atoms with van der Waals surface area (Å²) in [6.45, 7) is 1.91. The number of carbonyl (C=O) groups is 1. The average molecular weight is 456 g/mol. The molecular formula is C26H21N3O3S. The molecule has 0 saturated heterocycles. The SMILES string of the molecule is COc1ccccc1-c1nnc(SCC(=O)c2oc3ccccc3c2C)n1-c1ccccc1. The van der Waals surface area contributed by atoms with Crippen LogP contribution in [0.1, 0.15) is 16.1 Å². The number of furan rings is 1. The highest BCUT2D eigenvalue weighted by Crippen LogP contribution is 2.34. The predicted octanol–water partition coefficient (Wildman–Crippen LogP) is 5.97. The van der Waals surface area contributed by atoms with E-state index in [0.717, 1.165) is 22.2 Å². The van der Waals surface area contributed by atoms with E-state index < -0.39 is 0 Å². The number of ether oxygens (including phenoxy) is 1. The molecule has 3 aromatic carbocycles. The van der Waals surface area contributed by atoms with Gasteiger partial charge >= 0.3 is 0 Å². The predicted molar refractivity (Wildman–Crippen MR) is 129 cm³/mol. The number of fused-ring (bicyclic) bond motifs is 1. The highest BCUT2D eigenvalue weighted by atomic mass is 32.2. The lowest BCUT2D eigenvalue weighted by Gasteiger charge is -2.12. The summed E-state index contributed by atoms with van der Waals surface area (Å²) in [4.78, 5) is 13.0. The molecule has 0 spiro atoms. The maximum Gasteiger partial charge on any atom is 0.208 e. The van der Waals surface area contributed by atoms with Gasteiger partial charge in [0.05, 0.1) is 18.4 Å². The first kappa shape index (κ1) is 21.0. The highest BCUT2D eigenvalue weighted by Gasteiger charge is 2.22. The first-order valence-electron chi connectivity index (χ1n) is 10.5. The third kappa shape index (κ3) is 3.91. The Morgan fingerprint density at radius 3 is 2.48 bits per heavy atom. The lowest BCUT2D eigenvalue weighted by atomic mass is 10.1. The zero-order valence-electron chi connectivity index (χ0n) is 18.2. The Labute approximate surface area is 195 Å². The summed E-state index contributed by atoms with van der Waals surface area (Å²) in [7, 11) is 1.63. The molecule has 0 radical (unpaired) electrons. The zero-order valence-corrected chi connectivity index (χ0v) is 19.0. The van der Waals surface area contributed by atoms with Crippen molar-refractivity contribution in [2.75, 3.05) is 12.9 Å². The Morgan fingerprint density at radius 1 is 0.970 bits per heavy atom. The van der Waals surface area contributed by atoms with Gasteiger partial charge in [0.2, 0.25) is 5.78 Å². The molecule has 33 heavy (non-hydrogen) atoms. The molecule has 0 fully saturated rings. The quantitative estimate of drug-likeness (QED) is 0.222. The normalized spacial score (nSPS) is 11.1. The molecule has 2 aromatic heterocycles. The molecule has 2 heterocycles. The van der Waals surface area contributed by atoms with Crippen molar-refractivity contribution < 1.29 is 13.9 Å². The lowest BCUT2D eigenvalue weighted by molar-refractivity contribution is 0.0993. The van der Waals surface area contributed by atoms with E-state index in [1.807, 2.05) is 90.4 Å². The van der Waals surface area contributed by atoms with Crippen molar-refractivity contribution in [2.45, 2.75) is 12.1 Å². The first-order chi connectivity index (χ1) is 16.2. The van der Waals surface area contributed by atoms with Crippen molar-refractivity contribution in [1.29, 1.82) is 0 Å². The number of hydrogen-bond acceptors (Lipinski definition) is 6. The third-order valence-corrected chi connectivity index (χ3v) is 6.35. The number of Topliss-reactive ketones (excluding diaryl/α,β-unsaturated/α-hetero) is 1. The van der Waals surface area contributed by atoms with Gasteiger partial charge in [-0.05, 0) is 37.3 Å². The van der Waals surface area contributed by atoms with Gasteiger partial charge in [0, 0.05) is 16.6 Å². The maximum absolute atomic E-state index is 13.0. The van der Waals surface area contributed by atoms with E-state index >= 15 is 0 Å². The number of methoxy groups -OCH3 is 1. The number of aryl methyl sites for hydroxylation is 1. The second-order valence-electron chi connectivity index (χ2n) is 7.44. The van der Waals surface area contributed by atoms with Crippen molar-refractivity contribution in [3.8, 4) is 22.8 Å². The largest absolute Gasteiger partial charge is 0.496 e. The summed E-state index contributed by atoms with van der Waals surface area (Å²) < 4.78 is 13.3. The fourth-order valence-corrected chi connectivity index (χ4v) is 4.62. The summed E-state index contributed by atoms with van der Waals surface area (Å²) in [6.07, 6.45) is 0. The summed E-state index contributed by atoms with van der Waals surface area (Å²) >= 11 is 1.33. The molecular weight excluding hydrogens is 434 g/mol. The van der Waals surface area contributed by atoms with Gasteiger partial charge in [-0.1, -0.05) is 60.3 Å². The topological polar surface area (TPSA) is 70.2 Å². The Kier molecular flexibility index (Phi) is 5.71. The Bertz CT molecular complexity index is 1440. The zero-order chi connectivity index (χ0) is 22.8. The van der Waals surface area contributed by atoms with E-state index in [4.69, 9.17) is 9.15 Å². The molecule has 0 atom stereocenters. The number of para-hydroxylation sites is 3. The van der Waals surface area contributed by atoms with Gasteiger partial charge in [-0.3, -0.25) is 9.36 Å². The molecule has 5 aromatic rings. The molecule has 5 rings (SSSR count). The van der Waals surface area contributed by atoms with Crippen LogP contribution in [0.5, 0.6) is 5.75 Å². The first-order valence-corrected chi connectivity index (χ1v) is 11.4. The van der Waals surface area contributed by atoms with E-state index in [2.05, 4.69) is 10.2 Å². The van der Waals surface area contributed by atoms with Gasteiger partial charge in [-0.2, -0.15) is 0 Å². The minimum atomic E-state index is -0.0878. The number of rotatable bonds is 7. The summed E-state index contributed by atoms with van der Waals surface area (Å²) in [5.41, 5.74) is 3.30. The minimum absolute atomic E-state index is 0.0878. The number of aromatic nitrogens is 3. The number of thioether (sulfide) groups is 1. The van der Waals surface area contributed by atoms with Gasteiger partial charge in [0.1, 0.15) is 11.3 Å². The van der Waals surface area contributed by atoms with Gasteiger partial charge in [0.25, 0.3) is 0 Å². The van der Waals surface area contributed by atoms with E-state index in [1.165, 1.54) is 11.8 Å². The van der Waals surface area contributed by atoms with Crippen molar-refractivity contribution in [2.24, 2.45) is 0 Å². The smallest absolute Gasteiger partial charge is 0.208 e. The molecule has 0 saturated carbocycles. The maximum atomic E-state index is 13.0. The standard InChI is InChI=1S/C26H21N3O3S/c1-17-19-12-6-9-15-23(19)32-24(17)21(30)16-33-26-28-27-25(20-13-7-8-14-22(20)31-2)29(26)18-10-4-3-5-11-18/h3-15H,16H2,1-2H3. The number of nitrogens with zero attached hydrogens (tertiary/aromatic N) is 3. The van der Waals surface area contributed by atoms with E-state index in [9.17, 15) is 4.79 Å². The molecule has 164 valence electrons. The fourth-order valence-electron chi connectivity index (χ4n) is 3.81. The molecule has 7 heteroatoms. The molecule has 0 N–H and O–H groups in total. The molecule has 0 bridgehead atoms. The Balaban J connectivity index is 1.50. The van der Waals surface area contributed by atoms with Crippen molar-refractivity contribution in [3.63, 3.8) is 0 Å². The molecule has 0 amide bonds. The summed E-state index contributed by atoms with van der Waals surface area (Å²) in [5, 5.41) is 10.4. The van der Waals surface area contributed by atoms with E-state index in [-0.39, 0.29) is 11.5 Å². The van der Waals surface area contributed by atoms with Crippen molar-refractivity contribution in [1.82, 2.24) is 14.8 Å². The van der Waals surface area contributed by atoms with Crippen LogP contribution in [0.15, 0.2) is 88.4 Å². The molecule has 6 nitrogen and oxygen atoms in total. The number of hydrogen-bond donors (Lipinski definition) is 0. The van der Waals surface area contributed by atoms with Crippen LogP contribution >= 0.6 is 11.8 Å². The van der Waals surface area contributed by atoms with Crippen LogP contribution < -0.4 is 4.74 Å². The Hall–Kier alpha value is -3.84. The van der Waals surface area contributed by atoms with Crippen LogP contribution in [0.2, 0.25) is 0 Å². The van der Waals surface area contributed by atoms with Crippen LogP contribution in [0.4, 0.5) is 0 Å². The minimum Gasteiger partial charge on any atom is -0.496 e. The lowest BCUT2D eigenvalue weighted by Crippen LogP contribution is -2.05. The monoisotopic (exact) mass is 455 g/mol.